The number of aromatic nitrogens is 2. The Labute approximate surface area is 182 Å². The number of carbonyl (C=O) groups is 1. The molecule has 0 bridgehead atoms. The maximum atomic E-state index is 13.5. The van der Waals surface area contributed by atoms with Crippen molar-refractivity contribution >= 4 is 33.7 Å². The van der Waals surface area contributed by atoms with E-state index in [2.05, 4.69) is 15.2 Å². The second kappa shape index (κ2) is 7.63. The third-order valence-electron chi connectivity index (χ3n) is 5.37. The number of carbonyl (C=O) groups excluding carboxylic acids is 1. The highest BCUT2D eigenvalue weighted by Gasteiger charge is 2.28. The molecule has 0 radical (unpaired) electrons. The molecule has 0 saturated heterocycles. The second-order valence-electron chi connectivity index (χ2n) is 7.38. The van der Waals surface area contributed by atoms with E-state index in [1.54, 1.807) is 60.7 Å². The zero-order valence-electron chi connectivity index (χ0n) is 17.1. The zero-order chi connectivity index (χ0) is 22.2. The van der Waals surface area contributed by atoms with Gasteiger partial charge in [0, 0.05) is 5.56 Å². The summed E-state index contributed by atoms with van der Waals surface area (Å²) in [4.78, 5) is 29.3. The molecule has 0 spiro atoms. The van der Waals surface area contributed by atoms with Gasteiger partial charge in [-0.15, -0.1) is 5.11 Å². The molecule has 156 valence electrons. The topological polar surface area (TPSA) is 99.3 Å². The number of aryl methyl sites for hydroxylation is 1. The summed E-state index contributed by atoms with van der Waals surface area (Å²) in [5.74, 6) is -0.748. The van der Waals surface area contributed by atoms with Gasteiger partial charge in [0.05, 0.1) is 22.3 Å². The van der Waals surface area contributed by atoms with E-state index in [0.29, 0.717) is 22.3 Å². The van der Waals surface area contributed by atoms with Crippen LogP contribution in [0.15, 0.2) is 93.9 Å². The molecule has 5 aromatic rings. The Morgan fingerprint density at radius 3 is 2.38 bits per heavy atom. The van der Waals surface area contributed by atoms with Gasteiger partial charge in [-0.3, -0.25) is 14.0 Å². The Morgan fingerprint density at radius 2 is 1.59 bits per heavy atom. The van der Waals surface area contributed by atoms with Crippen LogP contribution in [0.4, 0.5) is 11.4 Å². The Morgan fingerprint density at radius 1 is 0.906 bits per heavy atom. The van der Waals surface area contributed by atoms with E-state index in [4.69, 9.17) is 0 Å². The Bertz CT molecular complexity index is 1580. The van der Waals surface area contributed by atoms with Gasteiger partial charge in [0.2, 0.25) is 5.88 Å². The van der Waals surface area contributed by atoms with Crippen molar-refractivity contribution in [3.8, 4) is 5.88 Å². The number of azo groups is 1. The normalized spacial score (nSPS) is 11.5. The number of benzene rings is 3. The molecule has 0 saturated carbocycles. The van der Waals surface area contributed by atoms with E-state index >= 15 is 0 Å². The van der Waals surface area contributed by atoms with Crippen molar-refractivity contribution in [2.24, 2.45) is 10.2 Å². The average molecular weight is 422 g/mol. The molecule has 0 aliphatic carbocycles. The number of ketones is 1. The van der Waals surface area contributed by atoms with Crippen molar-refractivity contribution in [3.05, 3.63) is 106 Å². The molecule has 0 amide bonds. The van der Waals surface area contributed by atoms with Crippen LogP contribution in [0.5, 0.6) is 5.88 Å². The number of para-hydroxylation sites is 2. The van der Waals surface area contributed by atoms with E-state index in [9.17, 15) is 14.7 Å². The van der Waals surface area contributed by atoms with Crippen LogP contribution in [0.1, 0.15) is 21.5 Å². The van der Waals surface area contributed by atoms with Gasteiger partial charge in [0.25, 0.3) is 5.56 Å². The second-order valence-corrected chi connectivity index (χ2v) is 7.38. The maximum Gasteiger partial charge on any atom is 0.273 e. The summed E-state index contributed by atoms with van der Waals surface area (Å²) >= 11 is 0. The number of rotatable bonds is 4. The minimum absolute atomic E-state index is 0.00182. The third kappa shape index (κ3) is 3.07. The van der Waals surface area contributed by atoms with Gasteiger partial charge in [-0.1, -0.05) is 60.7 Å². The van der Waals surface area contributed by atoms with Crippen LogP contribution in [-0.2, 0) is 0 Å². The van der Waals surface area contributed by atoms with Gasteiger partial charge in [0.1, 0.15) is 5.52 Å². The van der Waals surface area contributed by atoms with Crippen molar-refractivity contribution in [3.63, 3.8) is 0 Å². The molecule has 0 unspecified atom stereocenters. The van der Waals surface area contributed by atoms with Crippen LogP contribution in [0.3, 0.4) is 0 Å². The summed E-state index contributed by atoms with van der Waals surface area (Å²) in [6.45, 7) is 1.89. The molecule has 3 aromatic carbocycles. The summed E-state index contributed by atoms with van der Waals surface area (Å²) < 4.78 is 1.36. The highest BCUT2D eigenvalue weighted by atomic mass is 16.3. The number of nitrogens with one attached hydrogen (secondary N) is 1. The van der Waals surface area contributed by atoms with Gasteiger partial charge in [0.15, 0.2) is 11.5 Å². The third-order valence-corrected chi connectivity index (χ3v) is 5.37. The molecular formula is C25H18N4O3. The molecule has 2 heterocycles. The molecule has 7 heteroatoms. The lowest BCUT2D eigenvalue weighted by atomic mass is 10.0. The Kier molecular flexibility index (Phi) is 4.63. The van der Waals surface area contributed by atoms with Crippen molar-refractivity contribution in [2.75, 3.05) is 0 Å². The number of nitrogens with zero attached hydrogens (tertiary/aromatic N) is 3. The maximum absolute atomic E-state index is 13.5. The highest BCUT2D eigenvalue weighted by molar-refractivity contribution is 6.17. The number of fused-ring (bicyclic) bond motifs is 3. The first-order valence-corrected chi connectivity index (χ1v) is 10.0. The van der Waals surface area contributed by atoms with Crippen molar-refractivity contribution in [1.82, 2.24) is 9.38 Å². The fourth-order valence-electron chi connectivity index (χ4n) is 3.78. The Hall–Kier alpha value is -4.52. The zero-order valence-corrected chi connectivity index (χ0v) is 17.1. The largest absolute Gasteiger partial charge is 0.493 e. The monoisotopic (exact) mass is 422 g/mol. The van der Waals surface area contributed by atoms with Gasteiger partial charge < -0.3 is 10.1 Å². The van der Waals surface area contributed by atoms with E-state index in [0.717, 1.165) is 5.56 Å². The predicted octanol–water partition coefficient (Wildman–Crippen LogP) is 5.44. The summed E-state index contributed by atoms with van der Waals surface area (Å²) in [7, 11) is 0. The van der Waals surface area contributed by atoms with Crippen LogP contribution >= 0.6 is 0 Å². The van der Waals surface area contributed by atoms with E-state index < -0.39 is 11.3 Å². The lowest BCUT2D eigenvalue weighted by molar-refractivity contribution is 0.104. The molecule has 7 nitrogen and oxygen atoms in total. The molecule has 32 heavy (non-hydrogen) atoms. The fourth-order valence-corrected chi connectivity index (χ4v) is 3.78. The van der Waals surface area contributed by atoms with E-state index in [1.165, 1.54) is 4.40 Å². The summed E-state index contributed by atoms with van der Waals surface area (Å²) in [6.07, 6.45) is 0. The molecule has 2 N–H and O–H groups in total. The number of hydrogen-bond donors (Lipinski definition) is 2. The molecule has 0 fully saturated rings. The van der Waals surface area contributed by atoms with Crippen LogP contribution < -0.4 is 5.56 Å². The number of aromatic amines is 1. The van der Waals surface area contributed by atoms with Gasteiger partial charge in [-0.05, 0) is 30.7 Å². The van der Waals surface area contributed by atoms with Gasteiger partial charge in [-0.25, -0.2) is 0 Å². The van der Waals surface area contributed by atoms with E-state index in [-0.39, 0.29) is 22.6 Å². The number of H-pyrrole nitrogens is 1. The summed E-state index contributed by atoms with van der Waals surface area (Å²) in [5, 5.41) is 19.7. The van der Waals surface area contributed by atoms with Crippen molar-refractivity contribution in [2.45, 2.75) is 6.92 Å². The molecule has 0 aliphatic heterocycles. The summed E-state index contributed by atoms with van der Waals surface area (Å²) in [5.41, 5.74) is 2.39. The first kappa shape index (κ1) is 19.4. The van der Waals surface area contributed by atoms with E-state index in [1.807, 2.05) is 25.1 Å². The molecule has 5 rings (SSSR count). The van der Waals surface area contributed by atoms with Crippen LogP contribution in [-0.4, -0.2) is 20.3 Å². The van der Waals surface area contributed by atoms with Crippen molar-refractivity contribution < 1.29 is 9.90 Å². The predicted molar refractivity (Wildman–Crippen MR) is 122 cm³/mol. The van der Waals surface area contributed by atoms with Crippen LogP contribution in [0.25, 0.3) is 16.6 Å². The lowest BCUT2D eigenvalue weighted by Gasteiger charge is -2.04. The number of aromatic hydroxyl groups is 1. The van der Waals surface area contributed by atoms with Gasteiger partial charge in [-0.2, -0.15) is 5.11 Å². The minimum atomic E-state index is -0.504. The Balaban J connectivity index is 1.86. The standard InChI is InChI=1S/C25H18N4O3/c1-15-9-5-6-12-17(15)27-28-21-20(23(30)16-10-3-2-4-11-16)22-24(31)26-18-13-7-8-14-19(18)29(22)25(21)32/h2-14,32H,1H3,(H,26,31). The van der Waals surface area contributed by atoms with Crippen LogP contribution in [0, 0.1) is 6.92 Å². The lowest BCUT2D eigenvalue weighted by Crippen LogP contribution is -2.13. The SMILES string of the molecule is Cc1ccccc1N=Nc1c(C(=O)c2ccccc2)c2c(=O)[nH]c3ccccc3n2c1O. The van der Waals surface area contributed by atoms with Crippen molar-refractivity contribution in [1.29, 1.82) is 0 Å². The quantitative estimate of drug-likeness (QED) is 0.298. The fraction of sp³-hybridized carbons (Fsp3) is 0.0400. The smallest absolute Gasteiger partial charge is 0.273 e. The molecule has 0 atom stereocenters. The summed E-state index contributed by atoms with van der Waals surface area (Å²) in [6, 6.07) is 23.0. The first-order chi connectivity index (χ1) is 15.6. The molecule has 0 aliphatic rings. The molecule has 2 aromatic heterocycles. The minimum Gasteiger partial charge on any atom is -0.493 e. The highest BCUT2D eigenvalue weighted by Crippen LogP contribution is 2.39. The first-order valence-electron chi connectivity index (χ1n) is 10.0. The van der Waals surface area contributed by atoms with Gasteiger partial charge >= 0.3 is 0 Å². The van der Waals surface area contributed by atoms with Crippen LogP contribution in [0.2, 0.25) is 0 Å². The molecular weight excluding hydrogens is 404 g/mol. The number of hydrogen-bond acceptors (Lipinski definition) is 5. The average Bonchev–Trinajstić information content (AvgIpc) is 3.12.